The van der Waals surface area contributed by atoms with E-state index in [4.69, 9.17) is 4.74 Å². The molecule has 2 aliphatic rings. The van der Waals surface area contributed by atoms with Gasteiger partial charge in [0.1, 0.15) is 5.75 Å². The van der Waals surface area contributed by atoms with Crippen molar-refractivity contribution in [1.82, 2.24) is 9.80 Å². The largest absolute Gasteiger partial charge is 0.496 e. The van der Waals surface area contributed by atoms with Crippen LogP contribution in [0.15, 0.2) is 18.2 Å². The molecule has 0 bridgehead atoms. The van der Waals surface area contributed by atoms with Crippen LogP contribution in [0.25, 0.3) is 0 Å². The Morgan fingerprint density at radius 2 is 2.19 bits per heavy atom. The number of rotatable bonds is 4. The van der Waals surface area contributed by atoms with E-state index in [9.17, 15) is 5.11 Å². The number of hydrogen-bond acceptors (Lipinski definition) is 4. The Morgan fingerprint density at radius 3 is 2.95 bits per heavy atom. The average Bonchev–Trinajstić information content (AvgIpc) is 2.94. The van der Waals surface area contributed by atoms with Crippen LogP contribution < -0.4 is 4.74 Å². The fraction of sp³-hybridized carbons (Fsp3) is 0.647. The van der Waals surface area contributed by atoms with Crippen LogP contribution in [0.1, 0.15) is 30.9 Å². The summed E-state index contributed by atoms with van der Waals surface area (Å²) in [4.78, 5) is 5.23. The third-order valence-electron chi connectivity index (χ3n) is 4.97. The Morgan fingerprint density at radius 1 is 1.33 bits per heavy atom. The monoisotopic (exact) mass is 290 g/mol. The average molecular weight is 290 g/mol. The molecule has 1 aromatic rings. The minimum atomic E-state index is 0.0307. The molecular weight excluding hydrogens is 264 g/mol. The maximum Gasteiger partial charge on any atom is 0.124 e. The van der Waals surface area contributed by atoms with Crippen molar-refractivity contribution >= 4 is 0 Å². The molecule has 2 atom stereocenters. The minimum Gasteiger partial charge on any atom is -0.496 e. The molecule has 0 amide bonds. The molecule has 2 heterocycles. The number of ether oxygens (including phenoxy) is 1. The van der Waals surface area contributed by atoms with Gasteiger partial charge in [-0.15, -0.1) is 0 Å². The normalized spacial score (nSPS) is 26.8. The third kappa shape index (κ3) is 3.07. The van der Waals surface area contributed by atoms with E-state index in [1.54, 1.807) is 7.11 Å². The number of aliphatic hydroxyl groups excluding tert-OH is 1. The fourth-order valence-electron chi connectivity index (χ4n) is 3.76. The molecule has 116 valence electrons. The van der Waals surface area contributed by atoms with E-state index in [-0.39, 0.29) is 6.61 Å². The van der Waals surface area contributed by atoms with Gasteiger partial charge in [-0.2, -0.15) is 0 Å². The van der Waals surface area contributed by atoms with Gasteiger partial charge in [-0.1, -0.05) is 6.07 Å². The van der Waals surface area contributed by atoms with Gasteiger partial charge in [0.15, 0.2) is 0 Å². The molecule has 2 saturated heterocycles. The quantitative estimate of drug-likeness (QED) is 0.918. The number of nitrogens with zero attached hydrogens (tertiary/aromatic N) is 2. The van der Waals surface area contributed by atoms with Gasteiger partial charge in [-0.25, -0.2) is 0 Å². The lowest BCUT2D eigenvalue weighted by Crippen LogP contribution is -2.54. The highest BCUT2D eigenvalue weighted by atomic mass is 16.5. The van der Waals surface area contributed by atoms with Gasteiger partial charge in [0.25, 0.3) is 0 Å². The second kappa shape index (κ2) is 6.34. The molecular formula is C17H26N2O2. The predicted molar refractivity (Wildman–Crippen MR) is 83.4 cm³/mol. The highest BCUT2D eigenvalue weighted by Gasteiger charge is 2.34. The molecule has 4 nitrogen and oxygen atoms in total. The van der Waals surface area contributed by atoms with Crippen LogP contribution in [-0.2, 0) is 13.2 Å². The van der Waals surface area contributed by atoms with Crippen molar-refractivity contribution in [2.75, 3.05) is 26.7 Å². The third-order valence-corrected chi connectivity index (χ3v) is 4.97. The lowest BCUT2D eigenvalue weighted by Gasteiger charge is -2.42. The van der Waals surface area contributed by atoms with Crippen molar-refractivity contribution in [3.05, 3.63) is 29.3 Å². The van der Waals surface area contributed by atoms with Crippen LogP contribution in [0.2, 0.25) is 0 Å². The molecule has 2 aliphatic heterocycles. The van der Waals surface area contributed by atoms with Crippen molar-refractivity contribution in [2.24, 2.45) is 0 Å². The second-order valence-electron chi connectivity index (χ2n) is 6.37. The van der Waals surface area contributed by atoms with Gasteiger partial charge < -0.3 is 9.84 Å². The molecule has 2 fully saturated rings. The summed E-state index contributed by atoms with van der Waals surface area (Å²) in [5.74, 6) is 0.773. The van der Waals surface area contributed by atoms with Crippen molar-refractivity contribution in [3.63, 3.8) is 0 Å². The molecule has 0 saturated carbocycles. The Kier molecular flexibility index (Phi) is 4.48. The van der Waals surface area contributed by atoms with E-state index in [2.05, 4.69) is 28.9 Å². The molecule has 0 radical (unpaired) electrons. The number of aliphatic hydroxyl groups is 1. The molecule has 4 heteroatoms. The molecule has 0 spiro atoms. The van der Waals surface area contributed by atoms with Gasteiger partial charge in [0.2, 0.25) is 0 Å². The van der Waals surface area contributed by atoms with Gasteiger partial charge >= 0.3 is 0 Å². The number of fused-ring (bicyclic) bond motifs is 1. The summed E-state index contributed by atoms with van der Waals surface area (Å²) in [6.45, 7) is 6.95. The summed E-state index contributed by atoms with van der Waals surface area (Å²) in [6, 6.07) is 7.51. The highest BCUT2D eigenvalue weighted by Crippen LogP contribution is 2.27. The molecule has 21 heavy (non-hydrogen) atoms. The van der Waals surface area contributed by atoms with Gasteiger partial charge in [0, 0.05) is 37.3 Å². The molecule has 1 aromatic carbocycles. The Hall–Kier alpha value is -1.10. The number of piperazine rings is 1. The summed E-state index contributed by atoms with van der Waals surface area (Å²) in [7, 11) is 1.65. The minimum absolute atomic E-state index is 0.0307. The molecule has 0 aliphatic carbocycles. The fourth-order valence-corrected chi connectivity index (χ4v) is 3.76. The Balaban J connectivity index is 1.70. The van der Waals surface area contributed by atoms with Gasteiger partial charge in [-0.05, 0) is 44.0 Å². The van der Waals surface area contributed by atoms with Crippen molar-refractivity contribution in [1.29, 1.82) is 0 Å². The number of hydrogen-bond donors (Lipinski definition) is 1. The number of methoxy groups -OCH3 is 1. The van der Waals surface area contributed by atoms with Crippen LogP contribution in [0.5, 0.6) is 5.75 Å². The maximum absolute atomic E-state index is 9.45. The Labute approximate surface area is 127 Å². The van der Waals surface area contributed by atoms with Crippen LogP contribution in [0.3, 0.4) is 0 Å². The standard InChI is InChI=1S/C17H26N2O2/c1-13-9-18-7-3-4-16(18)11-19(13)10-14-5-6-17(21-2)15(8-14)12-20/h5-6,8,13,16,20H,3-4,7,9-12H2,1-2H3/t13-,16?/m1/s1. The topological polar surface area (TPSA) is 35.9 Å². The zero-order valence-corrected chi connectivity index (χ0v) is 13.1. The second-order valence-corrected chi connectivity index (χ2v) is 6.37. The van der Waals surface area contributed by atoms with Crippen molar-refractivity contribution in [2.45, 2.75) is 45.0 Å². The van der Waals surface area contributed by atoms with E-state index < -0.39 is 0 Å². The molecule has 0 aromatic heterocycles. The summed E-state index contributed by atoms with van der Waals surface area (Å²) in [5.41, 5.74) is 2.14. The first-order valence-electron chi connectivity index (χ1n) is 7.96. The van der Waals surface area contributed by atoms with E-state index in [1.165, 1.54) is 38.0 Å². The highest BCUT2D eigenvalue weighted by molar-refractivity contribution is 5.36. The smallest absolute Gasteiger partial charge is 0.124 e. The van der Waals surface area contributed by atoms with Crippen molar-refractivity contribution < 1.29 is 9.84 Å². The van der Waals surface area contributed by atoms with Crippen molar-refractivity contribution in [3.8, 4) is 5.75 Å². The van der Waals surface area contributed by atoms with Crippen LogP contribution >= 0.6 is 0 Å². The first-order chi connectivity index (χ1) is 10.2. The zero-order chi connectivity index (χ0) is 14.8. The maximum atomic E-state index is 9.45. The van der Waals surface area contributed by atoms with E-state index in [1.807, 2.05) is 6.07 Å². The van der Waals surface area contributed by atoms with Crippen LogP contribution in [0, 0.1) is 0 Å². The first kappa shape index (κ1) is 14.8. The van der Waals surface area contributed by atoms with E-state index in [0.29, 0.717) is 6.04 Å². The van der Waals surface area contributed by atoms with Crippen LogP contribution in [-0.4, -0.2) is 53.7 Å². The molecule has 1 unspecified atom stereocenters. The number of benzene rings is 1. The summed E-state index contributed by atoms with van der Waals surface area (Å²) in [6.07, 6.45) is 2.69. The lowest BCUT2D eigenvalue weighted by molar-refractivity contribution is 0.0540. The van der Waals surface area contributed by atoms with Gasteiger partial charge in [-0.3, -0.25) is 9.80 Å². The summed E-state index contributed by atoms with van der Waals surface area (Å²) < 4.78 is 5.28. The predicted octanol–water partition coefficient (Wildman–Crippen LogP) is 1.86. The first-order valence-corrected chi connectivity index (χ1v) is 7.96. The molecule has 3 rings (SSSR count). The summed E-state index contributed by atoms with van der Waals surface area (Å²) >= 11 is 0. The SMILES string of the molecule is COc1ccc(CN2CC3CCCN3C[C@H]2C)cc1CO. The van der Waals surface area contributed by atoms with Gasteiger partial charge in [0.05, 0.1) is 13.7 Å². The zero-order valence-electron chi connectivity index (χ0n) is 13.1. The summed E-state index contributed by atoms with van der Waals surface area (Å²) in [5, 5.41) is 9.45. The van der Waals surface area contributed by atoms with Crippen LogP contribution in [0.4, 0.5) is 0 Å². The lowest BCUT2D eigenvalue weighted by atomic mass is 10.0. The van der Waals surface area contributed by atoms with E-state index >= 15 is 0 Å². The van der Waals surface area contributed by atoms with E-state index in [0.717, 1.165) is 23.9 Å². The molecule has 1 N–H and O–H groups in total. The Bertz CT molecular complexity index is 492.